The summed E-state index contributed by atoms with van der Waals surface area (Å²) in [5.41, 5.74) is 2.39. The average molecular weight is 543 g/mol. The zero-order valence-electron chi connectivity index (χ0n) is 21.9. The zero-order valence-corrected chi connectivity index (χ0v) is 23.6. The van der Waals surface area contributed by atoms with Gasteiger partial charge in [0, 0.05) is 36.1 Å². The normalized spacial score (nSPS) is 15.9. The number of fused-ring (bicyclic) bond motifs is 1. The molecule has 2 amide bonds. The predicted octanol–water partition coefficient (Wildman–Crippen LogP) is 4.56. The van der Waals surface area contributed by atoms with Crippen LogP contribution >= 0.6 is 23.1 Å². The molecule has 1 N–H and O–H groups in total. The molecule has 1 aromatic carbocycles. The van der Waals surface area contributed by atoms with E-state index in [0.717, 1.165) is 27.6 Å². The van der Waals surface area contributed by atoms with Crippen molar-refractivity contribution >= 4 is 40.7 Å². The van der Waals surface area contributed by atoms with Gasteiger partial charge in [-0.1, -0.05) is 26.8 Å². The van der Waals surface area contributed by atoms with E-state index in [1.54, 1.807) is 42.2 Å². The summed E-state index contributed by atoms with van der Waals surface area (Å²) >= 11 is 3.26. The highest BCUT2D eigenvalue weighted by atomic mass is 32.2. The summed E-state index contributed by atoms with van der Waals surface area (Å²) in [7, 11) is 3.26. The van der Waals surface area contributed by atoms with Gasteiger partial charge in [-0.15, -0.1) is 23.1 Å². The Morgan fingerprint density at radius 2 is 1.95 bits per heavy atom. The lowest BCUT2D eigenvalue weighted by atomic mass is 9.88. The van der Waals surface area contributed by atoms with Gasteiger partial charge in [0.2, 0.25) is 11.8 Å². The average Bonchev–Trinajstić information content (AvgIpc) is 3.52. The molecule has 3 aromatic rings. The van der Waals surface area contributed by atoms with Gasteiger partial charge in [-0.3, -0.25) is 14.5 Å². The largest absolute Gasteiger partial charge is 0.497 e. The summed E-state index contributed by atoms with van der Waals surface area (Å²) < 4.78 is 12.2. The molecule has 0 radical (unpaired) electrons. The lowest BCUT2D eigenvalue weighted by Crippen LogP contribution is -2.42. The molecule has 0 aliphatic carbocycles. The highest BCUT2D eigenvalue weighted by Crippen LogP contribution is 2.49. The molecule has 10 heteroatoms. The Balaban J connectivity index is 1.87. The summed E-state index contributed by atoms with van der Waals surface area (Å²) in [6.45, 7) is 7.35. The fraction of sp³-hybridized carbons (Fsp3) is 0.444. The van der Waals surface area contributed by atoms with E-state index in [1.807, 2.05) is 35.0 Å². The van der Waals surface area contributed by atoms with Crippen LogP contribution in [-0.2, 0) is 19.7 Å². The summed E-state index contributed by atoms with van der Waals surface area (Å²) in [6, 6.07) is 11.7. The summed E-state index contributed by atoms with van der Waals surface area (Å²) in [4.78, 5) is 29.3. The number of thioether (sulfide) groups is 1. The van der Waals surface area contributed by atoms with Crippen molar-refractivity contribution in [3.8, 4) is 11.4 Å². The number of nitrogens with zero attached hydrogens (tertiary/aromatic N) is 3. The molecule has 37 heavy (non-hydrogen) atoms. The number of benzene rings is 1. The molecule has 0 unspecified atom stereocenters. The lowest BCUT2D eigenvalue weighted by Gasteiger charge is -2.24. The van der Waals surface area contributed by atoms with E-state index < -0.39 is 0 Å². The number of ether oxygens (including phenoxy) is 2. The first-order chi connectivity index (χ1) is 17.7. The second kappa shape index (κ2) is 11.7. The van der Waals surface area contributed by atoms with Crippen LogP contribution in [-0.4, -0.2) is 61.3 Å². The number of carbonyl (C=O) groups excluding carboxylic acids is 2. The van der Waals surface area contributed by atoms with Gasteiger partial charge in [0.15, 0.2) is 0 Å². The van der Waals surface area contributed by atoms with E-state index in [2.05, 4.69) is 37.5 Å². The molecule has 0 saturated carbocycles. The van der Waals surface area contributed by atoms with E-state index in [9.17, 15) is 9.59 Å². The Bertz CT molecular complexity index is 1220. The Hall–Kier alpha value is -2.82. The molecule has 198 valence electrons. The fourth-order valence-corrected chi connectivity index (χ4v) is 6.46. The third kappa shape index (κ3) is 6.02. The number of carbonyl (C=O) groups is 2. The molecule has 3 heterocycles. The van der Waals surface area contributed by atoms with Crippen molar-refractivity contribution in [2.75, 3.05) is 44.6 Å². The van der Waals surface area contributed by atoms with Crippen LogP contribution in [0, 0.1) is 0 Å². The number of rotatable bonds is 9. The lowest BCUT2D eigenvalue weighted by molar-refractivity contribution is -0.122. The minimum atomic E-state index is -0.292. The number of nitrogens with one attached hydrogen (secondary N) is 1. The maximum Gasteiger partial charge on any atom is 0.240 e. The number of amides is 2. The number of anilines is 1. The van der Waals surface area contributed by atoms with Gasteiger partial charge in [0.1, 0.15) is 18.1 Å². The van der Waals surface area contributed by atoms with Crippen molar-refractivity contribution in [2.24, 2.45) is 0 Å². The SMILES string of the molecule is COCCCNC(=O)CN1C(=O)CS[C@H](c2cccs2)c2c(C(C)(C)C)nn(-c3ccc(OC)cc3)c21. The van der Waals surface area contributed by atoms with E-state index in [1.165, 1.54) is 0 Å². The van der Waals surface area contributed by atoms with Crippen LogP contribution in [0.5, 0.6) is 5.75 Å². The van der Waals surface area contributed by atoms with Crippen LogP contribution in [0.3, 0.4) is 0 Å². The number of thiophene rings is 1. The number of aromatic nitrogens is 2. The first-order valence-corrected chi connectivity index (χ1v) is 14.2. The van der Waals surface area contributed by atoms with E-state index in [-0.39, 0.29) is 34.8 Å². The zero-order chi connectivity index (χ0) is 26.6. The Labute approximate surface area is 226 Å². The Morgan fingerprint density at radius 3 is 2.57 bits per heavy atom. The van der Waals surface area contributed by atoms with Crippen LogP contribution in [0.25, 0.3) is 5.69 Å². The highest BCUT2D eigenvalue weighted by Gasteiger charge is 2.40. The smallest absolute Gasteiger partial charge is 0.240 e. The van der Waals surface area contributed by atoms with Crippen molar-refractivity contribution in [1.29, 1.82) is 0 Å². The molecule has 1 atom stereocenters. The van der Waals surface area contributed by atoms with E-state index in [4.69, 9.17) is 14.6 Å². The minimum absolute atomic E-state index is 0.0741. The van der Waals surface area contributed by atoms with Crippen LogP contribution in [0.15, 0.2) is 41.8 Å². The standard InChI is InChI=1S/C27H34N4O4S2/c1-27(2,3)25-23-24(20-8-6-15-36-20)37-17-22(33)30(16-21(32)28-13-7-14-34-4)26(23)31(29-25)18-9-11-19(35-5)12-10-18/h6,8-12,15,24H,7,13-14,16-17H2,1-5H3,(H,28,32)/t24-/m1/s1. The first-order valence-electron chi connectivity index (χ1n) is 12.2. The number of methoxy groups -OCH3 is 2. The summed E-state index contributed by atoms with van der Waals surface area (Å²) in [5.74, 6) is 1.31. The maximum absolute atomic E-state index is 13.6. The van der Waals surface area contributed by atoms with Gasteiger partial charge in [-0.2, -0.15) is 5.10 Å². The number of hydrogen-bond donors (Lipinski definition) is 1. The van der Waals surface area contributed by atoms with Crippen LogP contribution in [0.1, 0.15) is 48.6 Å². The number of hydrogen-bond acceptors (Lipinski definition) is 7. The van der Waals surface area contributed by atoms with Crippen LogP contribution in [0.2, 0.25) is 0 Å². The summed E-state index contributed by atoms with van der Waals surface area (Å²) in [5, 5.41) is 10.00. The molecule has 0 saturated heterocycles. The van der Waals surface area contributed by atoms with Gasteiger partial charge in [-0.25, -0.2) is 4.68 Å². The van der Waals surface area contributed by atoms with Gasteiger partial charge in [-0.05, 0) is 42.1 Å². The molecule has 0 fully saturated rings. The van der Waals surface area contributed by atoms with Crippen LogP contribution < -0.4 is 15.0 Å². The van der Waals surface area contributed by atoms with Crippen molar-refractivity contribution in [3.63, 3.8) is 0 Å². The van der Waals surface area contributed by atoms with E-state index in [0.29, 0.717) is 25.4 Å². The summed E-state index contributed by atoms with van der Waals surface area (Å²) in [6.07, 6.45) is 0.704. The van der Waals surface area contributed by atoms with E-state index >= 15 is 0 Å². The second-order valence-corrected chi connectivity index (χ2v) is 11.9. The maximum atomic E-state index is 13.6. The van der Waals surface area contributed by atoms with Crippen molar-refractivity contribution in [3.05, 3.63) is 57.9 Å². The molecule has 1 aliphatic heterocycles. The highest BCUT2D eigenvalue weighted by molar-refractivity contribution is 8.00. The third-order valence-electron chi connectivity index (χ3n) is 6.07. The monoisotopic (exact) mass is 542 g/mol. The third-order valence-corrected chi connectivity index (χ3v) is 8.39. The van der Waals surface area contributed by atoms with Crippen molar-refractivity contribution in [1.82, 2.24) is 15.1 Å². The van der Waals surface area contributed by atoms with Crippen LogP contribution in [0.4, 0.5) is 5.82 Å². The Morgan fingerprint density at radius 1 is 1.19 bits per heavy atom. The fourth-order valence-electron chi connectivity index (χ4n) is 4.29. The minimum Gasteiger partial charge on any atom is -0.497 e. The van der Waals surface area contributed by atoms with Gasteiger partial charge < -0.3 is 14.8 Å². The molecule has 1 aliphatic rings. The van der Waals surface area contributed by atoms with Gasteiger partial charge in [0.25, 0.3) is 0 Å². The molecular weight excluding hydrogens is 508 g/mol. The van der Waals surface area contributed by atoms with Gasteiger partial charge >= 0.3 is 0 Å². The quantitative estimate of drug-likeness (QED) is 0.399. The first kappa shape index (κ1) is 27.2. The van der Waals surface area contributed by atoms with Crippen molar-refractivity contribution in [2.45, 2.75) is 37.9 Å². The van der Waals surface area contributed by atoms with Crippen molar-refractivity contribution < 1.29 is 19.1 Å². The molecule has 0 spiro atoms. The van der Waals surface area contributed by atoms with Gasteiger partial charge in [0.05, 0.1) is 29.5 Å². The molecule has 8 nitrogen and oxygen atoms in total. The molecule has 0 bridgehead atoms. The topological polar surface area (TPSA) is 85.7 Å². The second-order valence-electron chi connectivity index (χ2n) is 9.83. The molecule has 4 rings (SSSR count). The Kier molecular flexibility index (Phi) is 8.61. The molecular formula is C27H34N4O4S2. The predicted molar refractivity (Wildman–Crippen MR) is 149 cm³/mol. The molecule has 2 aromatic heterocycles.